The van der Waals surface area contributed by atoms with Gasteiger partial charge in [-0.15, -0.1) is 24.8 Å². The molecule has 0 aliphatic carbocycles. The fourth-order valence-electron chi connectivity index (χ4n) is 0.632. The van der Waals surface area contributed by atoms with Crippen LogP contribution in [0.15, 0.2) is 0 Å². The van der Waals surface area contributed by atoms with Crippen molar-refractivity contribution >= 4 is 30.8 Å². The minimum absolute atomic E-state index is 0. The first-order valence-corrected chi connectivity index (χ1v) is 3.37. The molecular formula is C6H16Cl2N2O2. The number of hydrogen-bond acceptors (Lipinski definition) is 3. The summed E-state index contributed by atoms with van der Waals surface area (Å²) < 4.78 is 0. The van der Waals surface area contributed by atoms with Gasteiger partial charge in [0.2, 0.25) is 0 Å². The molecule has 0 aromatic carbocycles. The molecule has 0 bridgehead atoms. The highest BCUT2D eigenvalue weighted by Gasteiger charge is 2.09. The SMILES string of the molecule is Cl.Cl.NC(CCCC[15NH2])C(=O)O. The molecule has 0 rings (SSSR count). The minimum Gasteiger partial charge on any atom is -0.480 e. The van der Waals surface area contributed by atoms with E-state index in [-0.39, 0.29) is 24.8 Å². The standard InChI is InChI=1S/C6H14N2O2.2ClH/c7-4-2-1-3-5(8)6(9)10;;/h5H,1-4,7-8H2,(H,9,10);2*1H/i7+1;;. The molecule has 0 spiro atoms. The van der Waals surface area contributed by atoms with Crippen LogP contribution in [-0.2, 0) is 4.79 Å². The molecule has 0 aromatic rings. The number of rotatable bonds is 5. The monoisotopic (exact) mass is 219 g/mol. The maximum Gasteiger partial charge on any atom is 0.320 e. The molecule has 0 aliphatic rings. The normalized spacial score (nSPS) is 10.8. The van der Waals surface area contributed by atoms with Crippen LogP contribution in [0.1, 0.15) is 19.3 Å². The van der Waals surface area contributed by atoms with Crippen molar-refractivity contribution in [1.82, 2.24) is 0 Å². The Morgan fingerprint density at radius 1 is 1.33 bits per heavy atom. The van der Waals surface area contributed by atoms with Crippen LogP contribution in [0.2, 0.25) is 0 Å². The summed E-state index contributed by atoms with van der Waals surface area (Å²) >= 11 is 0. The third-order valence-electron chi connectivity index (χ3n) is 1.29. The van der Waals surface area contributed by atoms with Crippen molar-refractivity contribution in [1.29, 1.82) is 0 Å². The summed E-state index contributed by atoms with van der Waals surface area (Å²) in [4.78, 5) is 10.1. The summed E-state index contributed by atoms with van der Waals surface area (Å²) in [7, 11) is 0. The fourth-order valence-corrected chi connectivity index (χ4v) is 0.632. The first-order valence-electron chi connectivity index (χ1n) is 3.37. The van der Waals surface area contributed by atoms with Gasteiger partial charge in [0.15, 0.2) is 0 Å². The number of carbonyl (C=O) groups is 1. The zero-order valence-electron chi connectivity index (χ0n) is 6.73. The lowest BCUT2D eigenvalue weighted by molar-refractivity contribution is -0.138. The largest absolute Gasteiger partial charge is 0.480 e. The number of nitrogens with two attached hydrogens (primary N) is 2. The average Bonchev–Trinajstić information content (AvgIpc) is 1.88. The Kier molecular flexibility index (Phi) is 16.4. The van der Waals surface area contributed by atoms with Crippen molar-refractivity contribution in [2.24, 2.45) is 11.5 Å². The van der Waals surface area contributed by atoms with Crippen LogP contribution in [0.4, 0.5) is 0 Å². The second-order valence-electron chi connectivity index (χ2n) is 2.23. The molecule has 1 atom stereocenters. The van der Waals surface area contributed by atoms with Crippen molar-refractivity contribution < 1.29 is 9.90 Å². The molecular weight excluding hydrogens is 204 g/mol. The molecule has 0 radical (unpaired) electrons. The van der Waals surface area contributed by atoms with Crippen LogP contribution in [-0.4, -0.2) is 23.7 Å². The van der Waals surface area contributed by atoms with E-state index in [4.69, 9.17) is 16.6 Å². The van der Waals surface area contributed by atoms with E-state index in [0.29, 0.717) is 13.0 Å². The molecule has 0 heterocycles. The summed E-state index contributed by atoms with van der Waals surface area (Å²) in [6, 6.07) is -0.716. The highest BCUT2D eigenvalue weighted by atomic mass is 35.5. The van der Waals surface area contributed by atoms with Gasteiger partial charge < -0.3 is 16.6 Å². The van der Waals surface area contributed by atoms with E-state index in [1.165, 1.54) is 0 Å². The molecule has 4 nitrogen and oxygen atoms in total. The van der Waals surface area contributed by atoms with Gasteiger partial charge in [-0.1, -0.05) is 6.42 Å². The first kappa shape index (κ1) is 17.9. The van der Waals surface area contributed by atoms with Crippen molar-refractivity contribution in [2.45, 2.75) is 25.3 Å². The molecule has 12 heavy (non-hydrogen) atoms. The Labute approximate surface area is 84.5 Å². The lowest BCUT2D eigenvalue weighted by atomic mass is 10.1. The van der Waals surface area contributed by atoms with Crippen LogP contribution in [0.5, 0.6) is 0 Å². The van der Waals surface area contributed by atoms with Crippen LogP contribution in [0.3, 0.4) is 0 Å². The maximum atomic E-state index is 10.1. The predicted octanol–water partition coefficient (Wildman–Crippen LogP) is 0.371. The molecule has 6 heteroatoms. The Morgan fingerprint density at radius 3 is 2.17 bits per heavy atom. The van der Waals surface area contributed by atoms with Crippen LogP contribution >= 0.6 is 24.8 Å². The Hall–Kier alpha value is -0.0300. The van der Waals surface area contributed by atoms with Gasteiger partial charge in [-0.25, -0.2) is 0 Å². The number of aliphatic carboxylic acids is 1. The number of hydrogen-bond donors (Lipinski definition) is 3. The summed E-state index contributed by atoms with van der Waals surface area (Å²) in [5.74, 6) is -0.933. The van der Waals surface area contributed by atoms with E-state index < -0.39 is 12.0 Å². The number of unbranched alkanes of at least 4 members (excludes halogenated alkanes) is 1. The van der Waals surface area contributed by atoms with Crippen LogP contribution < -0.4 is 11.5 Å². The average molecular weight is 220 g/mol. The number of halogens is 2. The van der Waals surface area contributed by atoms with Crippen molar-refractivity contribution in [3.05, 3.63) is 0 Å². The third kappa shape index (κ3) is 9.97. The fraction of sp³-hybridized carbons (Fsp3) is 0.833. The first-order chi connectivity index (χ1) is 4.68. The predicted molar refractivity (Wildman–Crippen MR) is 53.0 cm³/mol. The molecule has 5 N–H and O–H groups in total. The van der Waals surface area contributed by atoms with Gasteiger partial charge in [-0.05, 0) is 19.4 Å². The quantitative estimate of drug-likeness (QED) is 0.461. The minimum atomic E-state index is -0.933. The molecule has 0 aliphatic heterocycles. The zero-order chi connectivity index (χ0) is 7.98. The number of carboxylic acids is 1. The summed E-state index contributed by atoms with van der Waals surface area (Å²) in [6.07, 6.45) is 2.16. The molecule has 0 aromatic heterocycles. The van der Waals surface area contributed by atoms with Crippen molar-refractivity contribution in [3.8, 4) is 0 Å². The van der Waals surface area contributed by atoms with Gasteiger partial charge in [-0.2, -0.15) is 0 Å². The van der Waals surface area contributed by atoms with Crippen molar-refractivity contribution in [3.63, 3.8) is 0 Å². The van der Waals surface area contributed by atoms with Gasteiger partial charge in [-0.3, -0.25) is 4.79 Å². The van der Waals surface area contributed by atoms with Crippen LogP contribution in [0, 0.1) is 0 Å². The molecule has 0 amide bonds. The smallest absolute Gasteiger partial charge is 0.320 e. The van der Waals surface area contributed by atoms with Gasteiger partial charge in [0, 0.05) is 0 Å². The van der Waals surface area contributed by atoms with E-state index in [1.807, 2.05) is 0 Å². The lowest BCUT2D eigenvalue weighted by Gasteiger charge is -2.03. The van der Waals surface area contributed by atoms with Gasteiger partial charge in [0.05, 0.1) is 0 Å². The molecule has 0 saturated carbocycles. The topological polar surface area (TPSA) is 89.3 Å². The molecule has 0 saturated heterocycles. The lowest BCUT2D eigenvalue weighted by Crippen LogP contribution is -2.29. The molecule has 0 fully saturated rings. The summed E-state index contributed by atoms with van der Waals surface area (Å²) in [5.41, 5.74) is 10.4. The summed E-state index contributed by atoms with van der Waals surface area (Å²) in [5, 5.41) is 8.33. The number of carboxylic acid groups (broad SMARTS) is 1. The maximum absolute atomic E-state index is 10.1. The van der Waals surface area contributed by atoms with Crippen LogP contribution in [0.25, 0.3) is 0 Å². The van der Waals surface area contributed by atoms with Gasteiger partial charge in [0.25, 0.3) is 0 Å². The Morgan fingerprint density at radius 2 is 1.83 bits per heavy atom. The van der Waals surface area contributed by atoms with Crippen molar-refractivity contribution in [2.75, 3.05) is 6.54 Å². The highest BCUT2D eigenvalue weighted by molar-refractivity contribution is 5.85. The third-order valence-corrected chi connectivity index (χ3v) is 1.29. The van der Waals surface area contributed by atoms with E-state index in [1.54, 1.807) is 0 Å². The Bertz CT molecular complexity index is 114. The van der Waals surface area contributed by atoms with E-state index >= 15 is 0 Å². The van der Waals surface area contributed by atoms with E-state index in [2.05, 4.69) is 0 Å². The van der Waals surface area contributed by atoms with Gasteiger partial charge in [0.1, 0.15) is 6.04 Å². The second-order valence-corrected chi connectivity index (χ2v) is 2.23. The highest BCUT2D eigenvalue weighted by Crippen LogP contribution is 1.96. The Balaban J connectivity index is -0.000000405. The molecule has 1 unspecified atom stereocenters. The van der Waals surface area contributed by atoms with E-state index in [0.717, 1.165) is 12.8 Å². The molecule has 76 valence electrons. The van der Waals surface area contributed by atoms with Gasteiger partial charge >= 0.3 is 5.97 Å². The zero-order valence-corrected chi connectivity index (χ0v) is 8.37. The second kappa shape index (κ2) is 11.0. The summed E-state index contributed by atoms with van der Waals surface area (Å²) in [6.45, 7) is 0.604. The van der Waals surface area contributed by atoms with E-state index in [9.17, 15) is 4.79 Å².